The van der Waals surface area contributed by atoms with Gasteiger partial charge < -0.3 is 0 Å². The standard InChI is InChI=1S/C7H6BrFN2O3/c1-3(8)2-11-6(13)4(9)5(12)10-7(11)14/h4H,1-2H2,(H,10,12,14). The smallest absolute Gasteiger partial charge is 0.275 e. The number of urea groups is 1. The van der Waals surface area contributed by atoms with Crippen molar-refractivity contribution in [2.45, 2.75) is 6.17 Å². The molecule has 1 rings (SSSR count). The highest BCUT2D eigenvalue weighted by molar-refractivity contribution is 9.11. The Morgan fingerprint density at radius 3 is 2.64 bits per heavy atom. The molecule has 7 heteroatoms. The molecule has 76 valence electrons. The third-order valence-electron chi connectivity index (χ3n) is 1.52. The molecule has 0 aliphatic carbocycles. The van der Waals surface area contributed by atoms with E-state index in [9.17, 15) is 18.8 Å². The average molecular weight is 265 g/mol. The average Bonchev–Trinajstić information content (AvgIpc) is 2.09. The number of nitrogens with one attached hydrogen (secondary N) is 1. The molecule has 14 heavy (non-hydrogen) atoms. The summed E-state index contributed by atoms with van der Waals surface area (Å²) in [5.74, 6) is -2.39. The minimum atomic E-state index is -2.32. The van der Waals surface area contributed by atoms with E-state index in [2.05, 4.69) is 22.5 Å². The number of amides is 4. The monoisotopic (exact) mass is 264 g/mol. The maximum Gasteiger partial charge on any atom is 0.331 e. The second-order valence-electron chi connectivity index (χ2n) is 2.60. The summed E-state index contributed by atoms with van der Waals surface area (Å²) < 4.78 is 13.2. The fraction of sp³-hybridized carbons (Fsp3) is 0.286. The predicted molar refractivity (Wildman–Crippen MR) is 48.2 cm³/mol. The molecule has 0 aromatic carbocycles. The number of rotatable bonds is 2. The fourth-order valence-electron chi connectivity index (χ4n) is 0.907. The van der Waals surface area contributed by atoms with Crippen LogP contribution in [0.15, 0.2) is 11.1 Å². The molecule has 0 aromatic heterocycles. The summed E-state index contributed by atoms with van der Waals surface area (Å²) in [7, 11) is 0. The predicted octanol–water partition coefficient (Wildman–Crippen LogP) is 0.311. The Balaban J connectivity index is 2.84. The Morgan fingerprint density at radius 2 is 2.14 bits per heavy atom. The fourth-order valence-corrected chi connectivity index (χ4v) is 1.16. The van der Waals surface area contributed by atoms with Crippen LogP contribution in [0.3, 0.4) is 0 Å². The van der Waals surface area contributed by atoms with Crippen molar-refractivity contribution in [1.29, 1.82) is 0 Å². The third kappa shape index (κ3) is 1.98. The van der Waals surface area contributed by atoms with Crippen molar-refractivity contribution < 1.29 is 18.8 Å². The molecule has 4 amide bonds. The van der Waals surface area contributed by atoms with Gasteiger partial charge >= 0.3 is 6.03 Å². The van der Waals surface area contributed by atoms with Crippen LogP contribution >= 0.6 is 15.9 Å². The van der Waals surface area contributed by atoms with Gasteiger partial charge in [-0.05, 0) is 0 Å². The number of alkyl halides is 1. The molecule has 1 heterocycles. The van der Waals surface area contributed by atoms with E-state index in [1.54, 1.807) is 5.32 Å². The molecular formula is C7H6BrFN2O3. The van der Waals surface area contributed by atoms with Gasteiger partial charge in [-0.25, -0.2) is 9.18 Å². The molecule has 1 atom stereocenters. The normalized spacial score (nSPS) is 22.3. The van der Waals surface area contributed by atoms with Gasteiger partial charge in [0.1, 0.15) is 0 Å². The van der Waals surface area contributed by atoms with Crippen molar-refractivity contribution in [3.05, 3.63) is 11.1 Å². The van der Waals surface area contributed by atoms with Crippen LogP contribution in [0, 0.1) is 0 Å². The minimum Gasteiger partial charge on any atom is -0.275 e. The molecule has 1 fully saturated rings. The van der Waals surface area contributed by atoms with Crippen LogP contribution in [-0.4, -0.2) is 35.5 Å². The maximum absolute atomic E-state index is 12.8. The molecule has 1 N–H and O–H groups in total. The van der Waals surface area contributed by atoms with Gasteiger partial charge in [-0.15, -0.1) is 0 Å². The van der Waals surface area contributed by atoms with Crippen LogP contribution in [0.25, 0.3) is 0 Å². The first-order chi connectivity index (χ1) is 6.43. The SMILES string of the molecule is C=C(Br)CN1C(=O)NC(=O)C(F)C1=O. The molecule has 1 saturated heterocycles. The topological polar surface area (TPSA) is 66.5 Å². The Hall–Kier alpha value is -1.24. The number of carbonyl (C=O) groups is 3. The van der Waals surface area contributed by atoms with Crippen LogP contribution in [0.1, 0.15) is 0 Å². The van der Waals surface area contributed by atoms with Gasteiger partial charge in [-0.2, -0.15) is 0 Å². The van der Waals surface area contributed by atoms with E-state index in [0.29, 0.717) is 9.38 Å². The van der Waals surface area contributed by atoms with Gasteiger partial charge in [-0.1, -0.05) is 22.5 Å². The van der Waals surface area contributed by atoms with E-state index >= 15 is 0 Å². The first-order valence-corrected chi connectivity index (χ1v) is 4.36. The third-order valence-corrected chi connectivity index (χ3v) is 1.77. The Kier molecular flexibility index (Phi) is 3.00. The summed E-state index contributed by atoms with van der Waals surface area (Å²) in [6.07, 6.45) is -2.32. The van der Waals surface area contributed by atoms with E-state index in [1.807, 2.05) is 0 Å². The summed E-state index contributed by atoms with van der Waals surface area (Å²) in [6.45, 7) is 3.23. The van der Waals surface area contributed by atoms with Crippen LogP contribution in [0.2, 0.25) is 0 Å². The molecule has 0 bridgehead atoms. The van der Waals surface area contributed by atoms with E-state index < -0.39 is 24.0 Å². The molecule has 5 nitrogen and oxygen atoms in total. The number of halogens is 2. The first-order valence-electron chi connectivity index (χ1n) is 3.57. The second-order valence-corrected chi connectivity index (χ2v) is 3.72. The Morgan fingerprint density at radius 1 is 1.57 bits per heavy atom. The lowest BCUT2D eigenvalue weighted by Crippen LogP contribution is -2.59. The molecule has 1 aliphatic heterocycles. The number of hydrogen-bond donors (Lipinski definition) is 1. The molecule has 1 unspecified atom stereocenters. The van der Waals surface area contributed by atoms with Crippen molar-refractivity contribution in [2.75, 3.05) is 6.54 Å². The lowest BCUT2D eigenvalue weighted by atomic mass is 10.2. The van der Waals surface area contributed by atoms with Gasteiger partial charge in [0.15, 0.2) is 0 Å². The zero-order chi connectivity index (χ0) is 10.9. The number of nitrogens with zero attached hydrogens (tertiary/aromatic N) is 1. The summed E-state index contributed by atoms with van der Waals surface area (Å²) in [4.78, 5) is 33.4. The number of barbiturate groups is 1. The van der Waals surface area contributed by atoms with Crippen molar-refractivity contribution >= 4 is 33.8 Å². The van der Waals surface area contributed by atoms with Crippen molar-refractivity contribution in [1.82, 2.24) is 10.2 Å². The quantitative estimate of drug-likeness (QED) is 0.731. The van der Waals surface area contributed by atoms with E-state index in [4.69, 9.17) is 0 Å². The minimum absolute atomic E-state index is 0.168. The highest BCUT2D eigenvalue weighted by Crippen LogP contribution is 2.11. The molecular weight excluding hydrogens is 259 g/mol. The lowest BCUT2D eigenvalue weighted by Gasteiger charge is -2.26. The first kappa shape index (κ1) is 10.8. The number of hydrogen-bond acceptors (Lipinski definition) is 3. The van der Waals surface area contributed by atoms with Crippen LogP contribution in [-0.2, 0) is 9.59 Å². The van der Waals surface area contributed by atoms with Crippen molar-refractivity contribution in [3.63, 3.8) is 0 Å². The molecule has 0 saturated carbocycles. The van der Waals surface area contributed by atoms with Crippen LogP contribution in [0.5, 0.6) is 0 Å². The highest BCUT2D eigenvalue weighted by atomic mass is 79.9. The molecule has 0 spiro atoms. The van der Waals surface area contributed by atoms with Gasteiger partial charge in [-0.3, -0.25) is 19.8 Å². The number of carbonyl (C=O) groups excluding carboxylic acids is 3. The molecule has 0 radical (unpaired) electrons. The van der Waals surface area contributed by atoms with Crippen LogP contribution < -0.4 is 5.32 Å². The number of imide groups is 2. The second kappa shape index (κ2) is 3.87. The lowest BCUT2D eigenvalue weighted by molar-refractivity contribution is -0.143. The van der Waals surface area contributed by atoms with E-state index in [-0.39, 0.29) is 6.54 Å². The Labute approximate surface area is 87.1 Å². The van der Waals surface area contributed by atoms with Gasteiger partial charge in [0.25, 0.3) is 18.0 Å². The van der Waals surface area contributed by atoms with E-state index in [1.165, 1.54) is 0 Å². The zero-order valence-corrected chi connectivity index (χ0v) is 8.51. The van der Waals surface area contributed by atoms with Gasteiger partial charge in [0, 0.05) is 4.48 Å². The summed E-state index contributed by atoms with van der Waals surface area (Å²) in [5.41, 5.74) is 0. The highest BCUT2D eigenvalue weighted by Gasteiger charge is 2.40. The summed E-state index contributed by atoms with van der Waals surface area (Å²) in [5, 5.41) is 1.71. The van der Waals surface area contributed by atoms with Gasteiger partial charge in [0.05, 0.1) is 6.54 Å². The molecule has 1 aliphatic rings. The van der Waals surface area contributed by atoms with Crippen LogP contribution in [0.4, 0.5) is 9.18 Å². The summed E-state index contributed by atoms with van der Waals surface area (Å²) >= 11 is 2.92. The largest absolute Gasteiger partial charge is 0.331 e. The maximum atomic E-state index is 12.8. The van der Waals surface area contributed by atoms with Crippen molar-refractivity contribution in [3.8, 4) is 0 Å². The van der Waals surface area contributed by atoms with Gasteiger partial charge in [0.2, 0.25) is 0 Å². The van der Waals surface area contributed by atoms with Crippen molar-refractivity contribution in [2.24, 2.45) is 0 Å². The molecule has 0 aromatic rings. The van der Waals surface area contributed by atoms with E-state index in [0.717, 1.165) is 0 Å². The Bertz CT molecular complexity index is 331. The summed E-state index contributed by atoms with van der Waals surface area (Å²) in [6, 6.07) is -0.936. The zero-order valence-electron chi connectivity index (χ0n) is 6.92.